The van der Waals surface area contributed by atoms with Gasteiger partial charge < -0.3 is 4.74 Å². The molecule has 1 aromatic carbocycles. The molecule has 3 heteroatoms. The van der Waals surface area contributed by atoms with E-state index in [-0.39, 0.29) is 0 Å². The first-order valence-electron chi connectivity index (χ1n) is 5.32. The molecule has 82 valence electrons. The van der Waals surface area contributed by atoms with Crippen LogP contribution in [0.15, 0.2) is 29.4 Å². The van der Waals surface area contributed by atoms with Crippen molar-refractivity contribution in [1.29, 1.82) is 0 Å². The third-order valence-corrected chi connectivity index (χ3v) is 2.46. The van der Waals surface area contributed by atoms with Gasteiger partial charge in [-0.1, -0.05) is 24.1 Å². The van der Waals surface area contributed by atoms with Crippen LogP contribution in [0.4, 0.5) is 0 Å². The summed E-state index contributed by atoms with van der Waals surface area (Å²) < 4.78 is 5.25. The molecule has 0 atom stereocenters. The van der Waals surface area contributed by atoms with E-state index in [4.69, 9.17) is 11.2 Å². The molecular formula is C13H14N2O. The topological polar surface area (TPSA) is 24.8 Å². The van der Waals surface area contributed by atoms with Crippen LogP contribution in [0.2, 0.25) is 0 Å². The standard InChI is InChI=1S/C13H14N2O/c1-2-12-5-3-4-6-13(12)11-14-15-7-9-16-10-8-15/h1,3-6,11H,7-10H2/b14-11+. The fraction of sp³-hybridized carbons (Fsp3) is 0.308. The van der Waals surface area contributed by atoms with Gasteiger partial charge in [0.1, 0.15) is 0 Å². The van der Waals surface area contributed by atoms with E-state index in [1.165, 1.54) is 0 Å². The highest BCUT2D eigenvalue weighted by molar-refractivity contribution is 5.83. The van der Waals surface area contributed by atoms with Crippen LogP contribution in [-0.2, 0) is 4.74 Å². The molecule has 0 spiro atoms. The summed E-state index contributed by atoms with van der Waals surface area (Å²) in [6.07, 6.45) is 7.23. The Morgan fingerprint density at radius 3 is 2.81 bits per heavy atom. The van der Waals surface area contributed by atoms with E-state index in [0.29, 0.717) is 0 Å². The molecule has 0 radical (unpaired) electrons. The maximum absolute atomic E-state index is 5.41. The minimum absolute atomic E-state index is 0.744. The molecule has 0 aliphatic carbocycles. The number of nitrogens with zero attached hydrogens (tertiary/aromatic N) is 2. The summed E-state index contributed by atoms with van der Waals surface area (Å²) in [5.74, 6) is 2.65. The van der Waals surface area contributed by atoms with Crippen molar-refractivity contribution < 1.29 is 4.74 Å². The minimum atomic E-state index is 0.744. The molecule has 0 unspecified atom stereocenters. The quantitative estimate of drug-likeness (QED) is 0.548. The number of benzene rings is 1. The molecule has 0 bridgehead atoms. The summed E-state index contributed by atoms with van der Waals surface area (Å²) in [6.45, 7) is 3.17. The Bertz CT molecular complexity index is 414. The second-order valence-corrected chi connectivity index (χ2v) is 3.54. The highest BCUT2D eigenvalue weighted by atomic mass is 16.5. The van der Waals surface area contributed by atoms with E-state index in [0.717, 1.165) is 37.4 Å². The summed E-state index contributed by atoms with van der Waals surface area (Å²) in [5.41, 5.74) is 1.86. The third-order valence-electron chi connectivity index (χ3n) is 2.46. The van der Waals surface area contributed by atoms with Crippen molar-refractivity contribution in [2.45, 2.75) is 0 Å². The molecule has 3 nitrogen and oxygen atoms in total. The van der Waals surface area contributed by atoms with Crippen molar-refractivity contribution in [1.82, 2.24) is 5.01 Å². The van der Waals surface area contributed by atoms with Gasteiger partial charge in [-0.05, 0) is 6.07 Å². The van der Waals surface area contributed by atoms with E-state index >= 15 is 0 Å². The van der Waals surface area contributed by atoms with Gasteiger partial charge in [0.05, 0.1) is 32.5 Å². The van der Waals surface area contributed by atoms with Crippen molar-refractivity contribution in [3.63, 3.8) is 0 Å². The number of hydrogen-bond acceptors (Lipinski definition) is 3. The second-order valence-electron chi connectivity index (χ2n) is 3.54. The van der Waals surface area contributed by atoms with Gasteiger partial charge in [0.25, 0.3) is 0 Å². The molecule has 0 N–H and O–H groups in total. The molecule has 0 amide bonds. The van der Waals surface area contributed by atoms with E-state index in [1.807, 2.05) is 35.5 Å². The number of rotatable bonds is 2. The zero-order valence-electron chi connectivity index (χ0n) is 9.10. The molecular weight excluding hydrogens is 200 g/mol. The van der Waals surface area contributed by atoms with Crippen LogP contribution in [0.5, 0.6) is 0 Å². The lowest BCUT2D eigenvalue weighted by atomic mass is 10.1. The molecule has 0 aromatic heterocycles. The summed E-state index contributed by atoms with van der Waals surface area (Å²) >= 11 is 0. The molecule has 1 heterocycles. The van der Waals surface area contributed by atoms with Crippen LogP contribution in [0.1, 0.15) is 11.1 Å². The average molecular weight is 214 g/mol. The van der Waals surface area contributed by atoms with E-state index in [2.05, 4.69) is 11.0 Å². The van der Waals surface area contributed by atoms with Gasteiger partial charge in [-0.2, -0.15) is 5.10 Å². The van der Waals surface area contributed by atoms with Crippen LogP contribution in [-0.4, -0.2) is 37.5 Å². The summed E-state index contributed by atoms with van der Waals surface area (Å²) in [4.78, 5) is 0. The highest BCUT2D eigenvalue weighted by Crippen LogP contribution is 2.05. The number of terminal acetylenes is 1. The van der Waals surface area contributed by atoms with Gasteiger partial charge in [-0.25, -0.2) is 0 Å². The van der Waals surface area contributed by atoms with Crippen molar-refractivity contribution in [3.05, 3.63) is 35.4 Å². The van der Waals surface area contributed by atoms with E-state index in [1.54, 1.807) is 0 Å². The fourth-order valence-electron chi connectivity index (χ4n) is 1.55. The molecule has 1 aliphatic rings. The Kier molecular flexibility index (Phi) is 3.58. The minimum Gasteiger partial charge on any atom is -0.378 e. The largest absolute Gasteiger partial charge is 0.378 e. The van der Waals surface area contributed by atoms with Gasteiger partial charge in [-0.15, -0.1) is 6.42 Å². The molecule has 0 saturated carbocycles. The third kappa shape index (κ3) is 2.62. The van der Waals surface area contributed by atoms with Gasteiger partial charge in [-0.3, -0.25) is 5.01 Å². The predicted octanol–water partition coefficient (Wildman–Crippen LogP) is 1.33. The van der Waals surface area contributed by atoms with Gasteiger partial charge in [0.15, 0.2) is 0 Å². The lowest BCUT2D eigenvalue weighted by Crippen LogP contribution is -2.32. The Hall–Kier alpha value is -1.79. The van der Waals surface area contributed by atoms with Crippen molar-refractivity contribution in [3.8, 4) is 12.3 Å². The number of morpholine rings is 1. The molecule has 1 aliphatic heterocycles. The first kappa shape index (κ1) is 10.7. The molecule has 2 rings (SSSR count). The van der Waals surface area contributed by atoms with Crippen molar-refractivity contribution in [2.75, 3.05) is 26.3 Å². The summed E-state index contributed by atoms with van der Waals surface area (Å²) in [6, 6.07) is 7.78. The molecule has 1 saturated heterocycles. The van der Waals surface area contributed by atoms with Crippen LogP contribution < -0.4 is 0 Å². The first-order chi connectivity index (χ1) is 7.90. The van der Waals surface area contributed by atoms with E-state index in [9.17, 15) is 0 Å². The Morgan fingerprint density at radius 2 is 2.06 bits per heavy atom. The number of hydrogen-bond donors (Lipinski definition) is 0. The maximum atomic E-state index is 5.41. The summed E-state index contributed by atoms with van der Waals surface area (Å²) in [7, 11) is 0. The fourth-order valence-corrected chi connectivity index (χ4v) is 1.55. The van der Waals surface area contributed by atoms with Crippen LogP contribution in [0, 0.1) is 12.3 Å². The lowest BCUT2D eigenvalue weighted by Gasteiger charge is -2.23. The first-order valence-corrected chi connectivity index (χ1v) is 5.32. The predicted molar refractivity (Wildman–Crippen MR) is 64.4 cm³/mol. The van der Waals surface area contributed by atoms with Gasteiger partial charge in [0, 0.05) is 11.1 Å². The lowest BCUT2D eigenvalue weighted by molar-refractivity contribution is 0.0397. The monoisotopic (exact) mass is 214 g/mol. The van der Waals surface area contributed by atoms with Crippen LogP contribution in [0.25, 0.3) is 0 Å². The number of hydrazone groups is 1. The summed E-state index contributed by atoms with van der Waals surface area (Å²) in [5, 5.41) is 6.39. The van der Waals surface area contributed by atoms with Crippen molar-refractivity contribution >= 4 is 6.21 Å². The Labute approximate surface area is 95.7 Å². The molecule has 16 heavy (non-hydrogen) atoms. The van der Waals surface area contributed by atoms with E-state index < -0.39 is 0 Å². The van der Waals surface area contributed by atoms with Gasteiger partial charge >= 0.3 is 0 Å². The van der Waals surface area contributed by atoms with Gasteiger partial charge in [0.2, 0.25) is 0 Å². The highest BCUT2D eigenvalue weighted by Gasteiger charge is 2.06. The normalized spacial score (nSPS) is 16.3. The molecule has 1 aromatic rings. The van der Waals surface area contributed by atoms with Crippen LogP contribution in [0.3, 0.4) is 0 Å². The smallest absolute Gasteiger partial charge is 0.0659 e. The zero-order chi connectivity index (χ0) is 11.2. The molecule has 1 fully saturated rings. The Balaban J connectivity index is 2.07. The Morgan fingerprint density at radius 1 is 1.31 bits per heavy atom. The van der Waals surface area contributed by atoms with Crippen LogP contribution >= 0.6 is 0 Å². The second kappa shape index (κ2) is 5.34. The zero-order valence-corrected chi connectivity index (χ0v) is 9.10. The SMILES string of the molecule is C#Cc1ccccc1/C=N/N1CCOCC1. The number of ether oxygens (including phenoxy) is 1. The van der Waals surface area contributed by atoms with Crippen molar-refractivity contribution in [2.24, 2.45) is 5.10 Å². The average Bonchev–Trinajstić information content (AvgIpc) is 2.38. The maximum Gasteiger partial charge on any atom is 0.0659 e.